The summed E-state index contributed by atoms with van der Waals surface area (Å²) in [6.45, 7) is 0.365. The van der Waals surface area contributed by atoms with Crippen LogP contribution in [0.25, 0.3) is 0 Å². The van der Waals surface area contributed by atoms with E-state index in [0.29, 0.717) is 18.9 Å². The number of fused-ring (bicyclic) bond motifs is 1. The van der Waals surface area contributed by atoms with Gasteiger partial charge in [-0.1, -0.05) is 15.9 Å². The maximum absolute atomic E-state index is 14.2. The molecule has 0 aliphatic carbocycles. The Balaban J connectivity index is 1.55. The molecule has 2 aliphatic rings. The van der Waals surface area contributed by atoms with E-state index >= 15 is 0 Å². The lowest BCUT2D eigenvalue weighted by molar-refractivity contribution is 0.135. The van der Waals surface area contributed by atoms with Crippen LogP contribution in [-0.4, -0.2) is 37.9 Å². The van der Waals surface area contributed by atoms with Crippen molar-refractivity contribution in [1.82, 2.24) is 4.31 Å². The van der Waals surface area contributed by atoms with Crippen molar-refractivity contribution in [3.05, 3.63) is 56.5 Å². The van der Waals surface area contributed by atoms with E-state index in [4.69, 9.17) is 4.74 Å². The molecule has 0 aromatic heterocycles. The van der Waals surface area contributed by atoms with E-state index in [1.165, 1.54) is 0 Å². The van der Waals surface area contributed by atoms with E-state index in [0.717, 1.165) is 26.1 Å². The summed E-state index contributed by atoms with van der Waals surface area (Å²) < 4.78 is 60.6. The Kier molecular flexibility index (Phi) is 5.90. The van der Waals surface area contributed by atoms with Gasteiger partial charge in [-0.15, -0.1) is 0 Å². The van der Waals surface area contributed by atoms with Gasteiger partial charge < -0.3 is 4.74 Å². The Morgan fingerprint density at radius 3 is 2.43 bits per heavy atom. The van der Waals surface area contributed by atoms with Gasteiger partial charge in [-0.3, -0.25) is 4.90 Å². The Morgan fingerprint density at radius 2 is 1.73 bits per heavy atom. The van der Waals surface area contributed by atoms with Crippen molar-refractivity contribution in [2.45, 2.75) is 30.4 Å². The van der Waals surface area contributed by atoms with Gasteiger partial charge in [-0.2, -0.15) is 4.31 Å². The third-order valence-electron chi connectivity index (χ3n) is 5.23. The fourth-order valence-corrected chi connectivity index (χ4v) is 6.18. The molecule has 0 saturated carbocycles. The lowest BCUT2D eigenvalue weighted by Crippen LogP contribution is -2.50. The van der Waals surface area contributed by atoms with Crippen LogP contribution in [0.5, 0.6) is 0 Å². The van der Waals surface area contributed by atoms with Gasteiger partial charge in [-0.05, 0) is 53.0 Å². The van der Waals surface area contributed by atoms with E-state index in [9.17, 15) is 22.0 Å². The molecular weight excluding hydrogens is 550 g/mol. The quantitative estimate of drug-likeness (QED) is 0.501. The number of halogens is 4. The zero-order chi connectivity index (χ0) is 21.6. The smallest absolute Gasteiger partial charge is 0.414 e. The van der Waals surface area contributed by atoms with Gasteiger partial charge in [0.1, 0.15) is 23.1 Å². The van der Waals surface area contributed by atoms with Crippen molar-refractivity contribution >= 4 is 53.7 Å². The lowest BCUT2D eigenvalue weighted by atomic mass is 10.0. The number of carbonyl (C=O) groups is 1. The number of piperidine rings is 1. The highest BCUT2D eigenvalue weighted by atomic mass is 79.9. The molecule has 0 atom stereocenters. The third kappa shape index (κ3) is 3.88. The predicted octanol–water partition coefficient (Wildman–Crippen LogP) is 4.80. The van der Waals surface area contributed by atoms with Crippen LogP contribution in [0.4, 0.5) is 19.3 Å². The number of hydrogen-bond acceptors (Lipinski definition) is 4. The first-order valence-corrected chi connectivity index (χ1v) is 12.1. The molecule has 0 unspecified atom stereocenters. The summed E-state index contributed by atoms with van der Waals surface area (Å²) in [6.07, 6.45) is 0.237. The lowest BCUT2D eigenvalue weighted by Gasteiger charge is -2.39. The average Bonchev–Trinajstić information content (AvgIpc) is 2.71. The zero-order valence-corrected chi connectivity index (χ0v) is 19.4. The molecular formula is C19H16Br2F2N2O4S. The minimum absolute atomic E-state index is 0.0943. The number of ether oxygens (including phenoxy) is 1. The fourth-order valence-electron chi connectivity index (χ4n) is 3.74. The molecule has 4 rings (SSSR count). The topological polar surface area (TPSA) is 66.9 Å². The molecule has 0 bridgehead atoms. The molecule has 11 heteroatoms. The number of nitrogens with zero attached hydrogens (tertiary/aromatic N) is 2. The summed E-state index contributed by atoms with van der Waals surface area (Å²) in [5.74, 6) is -2.02. The van der Waals surface area contributed by atoms with Crippen LogP contribution in [-0.2, 0) is 21.4 Å². The molecule has 2 aliphatic heterocycles. The van der Waals surface area contributed by atoms with E-state index in [-0.39, 0.29) is 30.2 Å². The van der Waals surface area contributed by atoms with Crippen molar-refractivity contribution in [2.75, 3.05) is 18.0 Å². The molecule has 6 nitrogen and oxygen atoms in total. The number of cyclic esters (lactones) is 1. The van der Waals surface area contributed by atoms with Gasteiger partial charge in [0.15, 0.2) is 0 Å². The Labute approximate surface area is 189 Å². The summed E-state index contributed by atoms with van der Waals surface area (Å²) in [7, 11) is -4.15. The highest BCUT2D eigenvalue weighted by molar-refractivity contribution is 9.10. The molecule has 2 heterocycles. The summed E-state index contributed by atoms with van der Waals surface area (Å²) in [4.78, 5) is 13.4. The van der Waals surface area contributed by atoms with Crippen LogP contribution >= 0.6 is 31.9 Å². The van der Waals surface area contributed by atoms with Crippen LogP contribution in [0.2, 0.25) is 0 Å². The molecule has 1 saturated heterocycles. The third-order valence-corrected chi connectivity index (χ3v) is 8.24. The summed E-state index contributed by atoms with van der Waals surface area (Å²) in [6, 6.07) is 6.76. The van der Waals surface area contributed by atoms with Gasteiger partial charge in [-0.25, -0.2) is 22.0 Å². The van der Waals surface area contributed by atoms with Crippen LogP contribution in [0.15, 0.2) is 44.2 Å². The van der Waals surface area contributed by atoms with Crippen LogP contribution in [0.1, 0.15) is 18.4 Å². The molecule has 160 valence electrons. The highest BCUT2D eigenvalue weighted by Gasteiger charge is 2.38. The fraction of sp³-hybridized carbons (Fsp3) is 0.316. The van der Waals surface area contributed by atoms with Gasteiger partial charge >= 0.3 is 6.09 Å². The minimum Gasteiger partial charge on any atom is -0.444 e. The van der Waals surface area contributed by atoms with Crippen molar-refractivity contribution in [3.8, 4) is 0 Å². The largest absolute Gasteiger partial charge is 0.444 e. The molecule has 0 spiro atoms. The molecule has 1 amide bonds. The molecule has 0 radical (unpaired) electrons. The molecule has 2 aromatic rings. The number of amides is 1. The summed E-state index contributed by atoms with van der Waals surface area (Å²) in [5, 5.41) is 0. The van der Waals surface area contributed by atoms with Crippen LogP contribution < -0.4 is 4.90 Å². The summed E-state index contributed by atoms with van der Waals surface area (Å²) in [5.41, 5.74) is 1.60. The standard InChI is InChI=1S/C19H16Br2F2N2O4S/c20-12-1-2-17-11(7-12)10-29-19(26)25(17)13-3-5-24(6-4-13)30(27,28)18-8-14(21)15(22)9-16(18)23/h1-2,7-9,13H,3-6,10H2. The number of benzene rings is 2. The Bertz CT molecular complexity index is 1120. The van der Waals surface area contributed by atoms with Gasteiger partial charge in [0.05, 0.1) is 10.2 Å². The Morgan fingerprint density at radius 1 is 1.03 bits per heavy atom. The maximum atomic E-state index is 14.2. The number of rotatable bonds is 3. The molecule has 30 heavy (non-hydrogen) atoms. The minimum atomic E-state index is -4.15. The number of hydrogen-bond donors (Lipinski definition) is 0. The molecule has 2 aromatic carbocycles. The monoisotopic (exact) mass is 564 g/mol. The van der Waals surface area contributed by atoms with E-state index in [1.54, 1.807) is 4.90 Å². The number of sulfonamides is 1. The average molecular weight is 566 g/mol. The first-order valence-electron chi connectivity index (χ1n) is 9.07. The van der Waals surface area contributed by atoms with E-state index < -0.39 is 32.6 Å². The highest BCUT2D eigenvalue weighted by Crippen LogP contribution is 2.35. The number of carbonyl (C=O) groups excluding carboxylic acids is 1. The SMILES string of the molecule is O=C1OCc2cc(Br)ccc2N1C1CCN(S(=O)(=O)c2cc(Br)c(F)cc2F)CC1. The normalized spacial score (nSPS) is 18.3. The van der Waals surface area contributed by atoms with Gasteiger partial charge in [0, 0.05) is 35.2 Å². The second-order valence-electron chi connectivity index (χ2n) is 7.03. The first-order chi connectivity index (χ1) is 14.2. The van der Waals surface area contributed by atoms with Gasteiger partial charge in [0.2, 0.25) is 10.0 Å². The van der Waals surface area contributed by atoms with Crippen molar-refractivity contribution < 1.29 is 26.7 Å². The number of anilines is 1. The first kappa shape index (κ1) is 21.7. The van der Waals surface area contributed by atoms with Crippen molar-refractivity contribution in [3.63, 3.8) is 0 Å². The van der Waals surface area contributed by atoms with Crippen LogP contribution in [0.3, 0.4) is 0 Å². The summed E-state index contributed by atoms with van der Waals surface area (Å²) >= 11 is 6.30. The van der Waals surface area contributed by atoms with Gasteiger partial charge in [0.25, 0.3) is 0 Å². The second-order valence-corrected chi connectivity index (χ2v) is 10.7. The predicted molar refractivity (Wildman–Crippen MR) is 113 cm³/mol. The second kappa shape index (κ2) is 8.18. The molecule has 1 fully saturated rings. The Hall–Kier alpha value is -1.56. The van der Waals surface area contributed by atoms with E-state index in [2.05, 4.69) is 31.9 Å². The van der Waals surface area contributed by atoms with Crippen LogP contribution in [0, 0.1) is 11.6 Å². The zero-order valence-electron chi connectivity index (χ0n) is 15.4. The van der Waals surface area contributed by atoms with E-state index in [1.807, 2.05) is 18.2 Å². The molecule has 0 N–H and O–H groups in total. The van der Waals surface area contributed by atoms with Crippen molar-refractivity contribution in [1.29, 1.82) is 0 Å². The van der Waals surface area contributed by atoms with Crippen molar-refractivity contribution in [2.24, 2.45) is 0 Å². The maximum Gasteiger partial charge on any atom is 0.414 e.